The molecule has 2 heterocycles. The zero-order valence-electron chi connectivity index (χ0n) is 15.9. The summed E-state index contributed by atoms with van der Waals surface area (Å²) in [6.45, 7) is 1.04. The SMILES string of the molecule is COCC[n+]1cc(NC(=O)CSc2nc3c(cc2C#N)CCCCCC3)on1. The van der Waals surface area contributed by atoms with E-state index in [9.17, 15) is 10.1 Å². The van der Waals surface area contributed by atoms with Gasteiger partial charge in [0.05, 0.1) is 11.3 Å². The van der Waals surface area contributed by atoms with Gasteiger partial charge in [-0.25, -0.2) is 4.98 Å². The molecule has 2 aromatic heterocycles. The average Bonchev–Trinajstić information content (AvgIpc) is 3.12. The number of aryl methyl sites for hydroxylation is 2. The molecule has 8 nitrogen and oxygen atoms in total. The molecule has 0 saturated carbocycles. The quantitative estimate of drug-likeness (QED) is 0.559. The minimum absolute atomic E-state index is 0.138. The Hall–Kier alpha value is -2.44. The van der Waals surface area contributed by atoms with Crippen LogP contribution in [-0.4, -0.2) is 35.6 Å². The van der Waals surface area contributed by atoms with E-state index in [1.54, 1.807) is 18.0 Å². The summed E-state index contributed by atoms with van der Waals surface area (Å²) >= 11 is 1.27. The third-order valence-corrected chi connectivity index (χ3v) is 5.51. The van der Waals surface area contributed by atoms with Gasteiger partial charge in [0.2, 0.25) is 17.7 Å². The van der Waals surface area contributed by atoms with Crippen molar-refractivity contribution in [2.75, 3.05) is 24.8 Å². The Balaban J connectivity index is 1.61. The highest BCUT2D eigenvalue weighted by Crippen LogP contribution is 2.26. The van der Waals surface area contributed by atoms with Gasteiger partial charge in [0.15, 0.2) is 0 Å². The minimum atomic E-state index is -0.238. The summed E-state index contributed by atoms with van der Waals surface area (Å²) in [4.78, 5) is 16.9. The second-order valence-corrected chi connectivity index (χ2v) is 7.60. The topological polar surface area (TPSA) is 105 Å². The number of rotatable bonds is 7. The van der Waals surface area contributed by atoms with Gasteiger partial charge in [-0.3, -0.25) is 14.6 Å². The van der Waals surface area contributed by atoms with E-state index in [4.69, 9.17) is 14.2 Å². The van der Waals surface area contributed by atoms with Crippen molar-refractivity contribution in [3.05, 3.63) is 29.1 Å². The molecule has 28 heavy (non-hydrogen) atoms. The Morgan fingerprint density at radius 2 is 2.21 bits per heavy atom. The molecule has 0 aromatic carbocycles. The number of nitrogens with one attached hydrogen (secondary N) is 1. The summed E-state index contributed by atoms with van der Waals surface area (Å²) in [6.07, 6.45) is 8.20. The lowest BCUT2D eigenvalue weighted by atomic mass is 9.96. The van der Waals surface area contributed by atoms with E-state index in [-0.39, 0.29) is 17.5 Å². The first-order valence-corrected chi connectivity index (χ1v) is 10.4. The molecule has 3 rings (SSSR count). The molecule has 148 valence electrons. The number of hydrogen-bond donors (Lipinski definition) is 1. The van der Waals surface area contributed by atoms with E-state index in [2.05, 4.69) is 16.7 Å². The van der Waals surface area contributed by atoms with Crippen LogP contribution in [0.4, 0.5) is 5.88 Å². The van der Waals surface area contributed by atoms with Crippen molar-refractivity contribution in [1.82, 2.24) is 10.3 Å². The predicted octanol–water partition coefficient (Wildman–Crippen LogP) is 2.26. The maximum Gasteiger partial charge on any atom is 0.302 e. The van der Waals surface area contributed by atoms with E-state index < -0.39 is 0 Å². The van der Waals surface area contributed by atoms with Crippen LogP contribution < -0.4 is 10.00 Å². The van der Waals surface area contributed by atoms with Gasteiger partial charge in [0.25, 0.3) is 6.20 Å². The van der Waals surface area contributed by atoms with Crippen molar-refractivity contribution >= 4 is 23.6 Å². The number of anilines is 1. The van der Waals surface area contributed by atoms with Crippen LogP contribution in [0.1, 0.15) is 42.5 Å². The molecular weight excluding hydrogens is 378 g/mol. The fourth-order valence-corrected chi connectivity index (χ4v) is 3.86. The Kier molecular flexibility index (Phi) is 7.39. The molecule has 2 aromatic rings. The number of carbonyl (C=O) groups excluding carboxylic acids is 1. The standard InChI is InChI=1S/C19H23N5O3S/c1-26-9-8-24-12-18(27-23-24)22-17(25)13-28-19-15(11-20)10-14-6-4-2-3-5-7-16(14)21-19/h10,12H,2-9,13H2,1H3/p+1. The average molecular weight is 403 g/mol. The van der Waals surface area contributed by atoms with Crippen LogP contribution in [0.2, 0.25) is 0 Å². The van der Waals surface area contributed by atoms with Crippen LogP contribution >= 0.6 is 11.8 Å². The highest BCUT2D eigenvalue weighted by molar-refractivity contribution is 8.00. The zero-order chi connectivity index (χ0) is 19.8. The van der Waals surface area contributed by atoms with Gasteiger partial charge in [-0.1, -0.05) is 24.6 Å². The maximum absolute atomic E-state index is 12.2. The number of fused-ring (bicyclic) bond motifs is 1. The number of thioether (sulfide) groups is 1. The molecule has 0 unspecified atom stereocenters. The Morgan fingerprint density at radius 1 is 1.39 bits per heavy atom. The van der Waals surface area contributed by atoms with Gasteiger partial charge < -0.3 is 4.74 Å². The lowest BCUT2D eigenvalue weighted by molar-refractivity contribution is -0.763. The molecule has 1 amide bonds. The fourth-order valence-electron chi connectivity index (χ4n) is 3.09. The second kappa shape index (κ2) is 10.2. The first-order valence-electron chi connectivity index (χ1n) is 9.40. The number of carbonyl (C=O) groups is 1. The van der Waals surface area contributed by atoms with Gasteiger partial charge in [-0.15, -0.1) is 0 Å². The smallest absolute Gasteiger partial charge is 0.302 e. The van der Waals surface area contributed by atoms with Crippen LogP contribution in [0.15, 0.2) is 21.8 Å². The first-order chi connectivity index (χ1) is 13.7. The summed E-state index contributed by atoms with van der Waals surface area (Å²) < 4.78 is 11.6. The normalized spacial score (nSPS) is 13.9. The largest absolute Gasteiger partial charge is 0.378 e. The molecule has 9 heteroatoms. The Bertz CT molecular complexity index is 862. The first kappa shape index (κ1) is 20.3. The molecule has 0 fully saturated rings. The summed E-state index contributed by atoms with van der Waals surface area (Å²) in [7, 11) is 1.61. The number of pyridine rings is 1. The summed E-state index contributed by atoms with van der Waals surface area (Å²) in [5, 5.41) is 16.6. The summed E-state index contributed by atoms with van der Waals surface area (Å²) in [5.41, 5.74) is 2.78. The van der Waals surface area contributed by atoms with Crippen LogP contribution in [0.3, 0.4) is 0 Å². The highest BCUT2D eigenvalue weighted by atomic mass is 32.2. The van der Waals surface area contributed by atoms with E-state index in [1.807, 2.05) is 6.07 Å². The van der Waals surface area contributed by atoms with Crippen LogP contribution in [0, 0.1) is 11.3 Å². The molecule has 0 aliphatic heterocycles. The van der Waals surface area contributed by atoms with Crippen LogP contribution in [0.25, 0.3) is 0 Å². The van der Waals surface area contributed by atoms with E-state index in [1.165, 1.54) is 30.2 Å². The van der Waals surface area contributed by atoms with Gasteiger partial charge in [-0.2, -0.15) is 5.26 Å². The molecule has 1 aliphatic rings. The highest BCUT2D eigenvalue weighted by Gasteiger charge is 2.17. The monoisotopic (exact) mass is 402 g/mol. The molecule has 0 bridgehead atoms. The maximum atomic E-state index is 12.2. The number of nitriles is 1. The molecule has 0 spiro atoms. The lowest BCUT2D eigenvalue weighted by Gasteiger charge is -2.15. The number of amides is 1. The zero-order valence-corrected chi connectivity index (χ0v) is 16.8. The Morgan fingerprint density at radius 3 is 3.00 bits per heavy atom. The van der Waals surface area contributed by atoms with Gasteiger partial charge in [0, 0.05) is 12.8 Å². The molecule has 1 N–H and O–H groups in total. The second-order valence-electron chi connectivity index (χ2n) is 6.63. The molecular formula is C19H24N5O3S+. The number of ether oxygens (including phenoxy) is 1. The molecule has 0 saturated heterocycles. The lowest BCUT2D eigenvalue weighted by Crippen LogP contribution is -2.36. The molecule has 0 radical (unpaired) electrons. The number of methoxy groups -OCH3 is 1. The number of hydrogen-bond acceptors (Lipinski definition) is 7. The van der Waals surface area contributed by atoms with Crippen molar-refractivity contribution < 1.29 is 18.7 Å². The van der Waals surface area contributed by atoms with Crippen molar-refractivity contribution in [2.45, 2.75) is 50.1 Å². The summed E-state index contributed by atoms with van der Waals surface area (Å²) in [6, 6.07) is 4.17. The van der Waals surface area contributed by atoms with Crippen molar-refractivity contribution in [3.8, 4) is 6.07 Å². The molecule has 1 aliphatic carbocycles. The van der Waals surface area contributed by atoms with E-state index in [0.29, 0.717) is 23.7 Å². The van der Waals surface area contributed by atoms with E-state index >= 15 is 0 Å². The van der Waals surface area contributed by atoms with Crippen molar-refractivity contribution in [2.24, 2.45) is 0 Å². The van der Waals surface area contributed by atoms with Gasteiger partial charge in [-0.05, 0) is 42.0 Å². The minimum Gasteiger partial charge on any atom is -0.378 e. The predicted molar refractivity (Wildman–Crippen MR) is 103 cm³/mol. The fraction of sp³-hybridized carbons (Fsp3) is 0.526. The third kappa shape index (κ3) is 5.53. The number of nitrogens with zero attached hydrogens (tertiary/aromatic N) is 4. The Labute approximate surface area is 168 Å². The van der Waals surface area contributed by atoms with Crippen LogP contribution in [0.5, 0.6) is 0 Å². The van der Waals surface area contributed by atoms with Crippen molar-refractivity contribution in [3.63, 3.8) is 0 Å². The van der Waals surface area contributed by atoms with Gasteiger partial charge in [0.1, 0.15) is 17.7 Å². The van der Waals surface area contributed by atoms with Crippen LogP contribution in [-0.2, 0) is 28.9 Å². The van der Waals surface area contributed by atoms with Crippen molar-refractivity contribution in [1.29, 1.82) is 5.26 Å². The van der Waals surface area contributed by atoms with Gasteiger partial charge >= 0.3 is 5.88 Å². The third-order valence-electron chi connectivity index (χ3n) is 4.52. The molecule has 0 atom stereocenters. The van der Waals surface area contributed by atoms with E-state index in [0.717, 1.165) is 31.4 Å². The number of aromatic nitrogens is 3. The summed E-state index contributed by atoms with van der Waals surface area (Å²) in [5.74, 6) is 0.171.